The van der Waals surface area contributed by atoms with E-state index in [4.69, 9.17) is 46.4 Å². The number of aryl methyl sites for hydroxylation is 1. The van der Waals surface area contributed by atoms with Crippen LogP contribution in [0.1, 0.15) is 27.4 Å². The van der Waals surface area contributed by atoms with E-state index in [1.54, 1.807) is 50.7 Å². The lowest BCUT2D eigenvalue weighted by Gasteiger charge is -2.06. The van der Waals surface area contributed by atoms with E-state index in [9.17, 15) is 4.79 Å². The Labute approximate surface area is 203 Å². The number of amides is 1. The standard InChI is InChI=1S/C20H17Cl4N7O/c1-11-18(24)12(2)31(26-11)10-29-7-6-17(27-29)20(32)25-19-16(23)9-30(28-19)8-13-14(21)4-3-5-15(13)22/h3-7,9H,8,10H2,1-2H3,(H,25,28,32). The molecule has 0 fully saturated rings. The van der Waals surface area contributed by atoms with Gasteiger partial charge < -0.3 is 5.32 Å². The number of carbonyl (C=O) groups is 1. The van der Waals surface area contributed by atoms with Crippen molar-refractivity contribution >= 4 is 58.1 Å². The van der Waals surface area contributed by atoms with Crippen molar-refractivity contribution in [1.82, 2.24) is 29.3 Å². The van der Waals surface area contributed by atoms with Gasteiger partial charge in [0.05, 0.1) is 23.0 Å². The van der Waals surface area contributed by atoms with Crippen LogP contribution in [0.4, 0.5) is 5.82 Å². The van der Waals surface area contributed by atoms with Crippen LogP contribution < -0.4 is 5.32 Å². The highest BCUT2D eigenvalue weighted by Crippen LogP contribution is 2.27. The first-order valence-corrected chi connectivity index (χ1v) is 10.9. The van der Waals surface area contributed by atoms with E-state index < -0.39 is 5.91 Å². The van der Waals surface area contributed by atoms with Crippen LogP contribution in [0.3, 0.4) is 0 Å². The van der Waals surface area contributed by atoms with Crippen molar-refractivity contribution in [3.8, 4) is 0 Å². The molecule has 0 aliphatic heterocycles. The number of rotatable bonds is 6. The van der Waals surface area contributed by atoms with Crippen LogP contribution in [0.25, 0.3) is 0 Å². The smallest absolute Gasteiger partial charge is 0.277 e. The van der Waals surface area contributed by atoms with Crippen molar-refractivity contribution in [1.29, 1.82) is 0 Å². The Hall–Kier alpha value is -2.52. The third-order valence-corrected chi connectivity index (χ3v) is 6.31. The van der Waals surface area contributed by atoms with Gasteiger partial charge in [-0.1, -0.05) is 52.5 Å². The molecule has 0 saturated carbocycles. The van der Waals surface area contributed by atoms with Crippen LogP contribution >= 0.6 is 46.4 Å². The fourth-order valence-electron chi connectivity index (χ4n) is 3.09. The van der Waals surface area contributed by atoms with E-state index in [0.29, 0.717) is 33.8 Å². The van der Waals surface area contributed by atoms with Crippen molar-refractivity contribution in [3.05, 3.63) is 79.4 Å². The third kappa shape index (κ3) is 4.63. The van der Waals surface area contributed by atoms with E-state index in [-0.39, 0.29) is 16.5 Å². The average Bonchev–Trinajstić information content (AvgIpc) is 3.41. The zero-order valence-electron chi connectivity index (χ0n) is 17.0. The van der Waals surface area contributed by atoms with Gasteiger partial charge in [0.1, 0.15) is 11.7 Å². The summed E-state index contributed by atoms with van der Waals surface area (Å²) >= 11 is 24.9. The van der Waals surface area contributed by atoms with Crippen LogP contribution in [0.15, 0.2) is 36.7 Å². The SMILES string of the molecule is Cc1nn(Cn2ccc(C(=O)Nc3nn(Cc4c(Cl)cccc4Cl)cc3Cl)n2)c(C)c1Cl. The molecule has 1 N–H and O–H groups in total. The average molecular weight is 513 g/mol. The highest BCUT2D eigenvalue weighted by atomic mass is 35.5. The predicted octanol–water partition coefficient (Wildman–Crippen LogP) is 5.31. The molecule has 32 heavy (non-hydrogen) atoms. The Morgan fingerprint density at radius 2 is 1.69 bits per heavy atom. The molecule has 0 spiro atoms. The molecule has 0 aliphatic carbocycles. The van der Waals surface area contributed by atoms with Crippen LogP contribution in [0.5, 0.6) is 0 Å². The number of hydrogen-bond acceptors (Lipinski definition) is 4. The van der Waals surface area contributed by atoms with Gasteiger partial charge in [0.2, 0.25) is 0 Å². The summed E-state index contributed by atoms with van der Waals surface area (Å²) in [5.41, 5.74) is 2.47. The summed E-state index contributed by atoms with van der Waals surface area (Å²) in [6.07, 6.45) is 3.26. The van der Waals surface area contributed by atoms with Crippen LogP contribution in [0.2, 0.25) is 20.1 Å². The molecule has 0 unspecified atom stereocenters. The lowest BCUT2D eigenvalue weighted by molar-refractivity contribution is 0.102. The normalized spacial score (nSPS) is 11.2. The second-order valence-corrected chi connectivity index (χ2v) is 8.64. The number of nitrogens with one attached hydrogen (secondary N) is 1. The quantitative estimate of drug-likeness (QED) is 0.379. The number of carbonyl (C=O) groups excluding carboxylic acids is 1. The number of nitrogens with zero attached hydrogens (tertiary/aromatic N) is 6. The molecule has 12 heteroatoms. The Morgan fingerprint density at radius 3 is 2.34 bits per heavy atom. The Kier molecular flexibility index (Phi) is 6.48. The highest BCUT2D eigenvalue weighted by molar-refractivity contribution is 6.36. The highest BCUT2D eigenvalue weighted by Gasteiger charge is 2.17. The number of benzene rings is 1. The van der Waals surface area contributed by atoms with Gasteiger partial charge in [0.25, 0.3) is 5.91 Å². The number of hydrogen-bond donors (Lipinski definition) is 1. The van der Waals surface area contributed by atoms with E-state index >= 15 is 0 Å². The summed E-state index contributed by atoms with van der Waals surface area (Å²) in [6, 6.07) is 6.84. The summed E-state index contributed by atoms with van der Waals surface area (Å²) in [5, 5.41) is 17.6. The maximum Gasteiger partial charge on any atom is 0.277 e. The van der Waals surface area contributed by atoms with Gasteiger partial charge in [-0.25, -0.2) is 4.68 Å². The molecular formula is C20H17Cl4N7O. The van der Waals surface area contributed by atoms with Crippen molar-refractivity contribution in [2.45, 2.75) is 27.1 Å². The topological polar surface area (TPSA) is 82.6 Å². The summed E-state index contributed by atoms with van der Waals surface area (Å²) < 4.78 is 4.85. The van der Waals surface area contributed by atoms with Gasteiger partial charge >= 0.3 is 0 Å². The minimum absolute atomic E-state index is 0.206. The molecule has 8 nitrogen and oxygen atoms in total. The fraction of sp³-hybridized carbons (Fsp3) is 0.200. The van der Waals surface area contributed by atoms with Gasteiger partial charge in [-0.2, -0.15) is 15.3 Å². The van der Waals surface area contributed by atoms with Crippen molar-refractivity contribution in [2.24, 2.45) is 0 Å². The van der Waals surface area contributed by atoms with E-state index in [2.05, 4.69) is 20.6 Å². The molecule has 166 valence electrons. The molecular weight excluding hydrogens is 496 g/mol. The molecule has 1 aromatic carbocycles. The number of aromatic nitrogens is 6. The first kappa shape index (κ1) is 22.7. The van der Waals surface area contributed by atoms with Gasteiger partial charge in [-0.3, -0.25) is 14.2 Å². The first-order valence-electron chi connectivity index (χ1n) is 9.43. The second-order valence-electron chi connectivity index (χ2n) is 7.04. The molecule has 1 amide bonds. The first-order chi connectivity index (χ1) is 15.2. The third-order valence-electron chi connectivity index (χ3n) is 4.78. The maximum atomic E-state index is 12.7. The van der Waals surface area contributed by atoms with Gasteiger partial charge in [-0.05, 0) is 32.0 Å². The van der Waals surface area contributed by atoms with Crippen molar-refractivity contribution in [3.63, 3.8) is 0 Å². The monoisotopic (exact) mass is 511 g/mol. The summed E-state index contributed by atoms with van der Waals surface area (Å²) in [4.78, 5) is 12.7. The molecule has 4 aromatic rings. The summed E-state index contributed by atoms with van der Waals surface area (Å²) in [7, 11) is 0. The van der Waals surface area contributed by atoms with E-state index in [0.717, 1.165) is 11.4 Å². The molecule has 3 aromatic heterocycles. The molecule has 0 bridgehead atoms. The Bertz CT molecular complexity index is 1290. The van der Waals surface area contributed by atoms with Crippen LogP contribution in [-0.4, -0.2) is 35.2 Å². The predicted molar refractivity (Wildman–Crippen MR) is 125 cm³/mol. The Morgan fingerprint density at radius 1 is 0.969 bits per heavy atom. The number of halogens is 4. The molecule has 0 aliphatic rings. The lowest BCUT2D eigenvalue weighted by Crippen LogP contribution is -2.16. The maximum absolute atomic E-state index is 12.7. The molecule has 0 saturated heterocycles. The molecule has 4 rings (SSSR count). The molecule has 0 radical (unpaired) electrons. The van der Waals surface area contributed by atoms with Gasteiger partial charge in [0.15, 0.2) is 11.5 Å². The van der Waals surface area contributed by atoms with Crippen molar-refractivity contribution in [2.75, 3.05) is 5.32 Å². The zero-order valence-corrected chi connectivity index (χ0v) is 20.0. The summed E-state index contributed by atoms with van der Waals surface area (Å²) in [6.45, 7) is 4.32. The Balaban J connectivity index is 1.46. The van der Waals surface area contributed by atoms with Gasteiger partial charge in [-0.15, -0.1) is 0 Å². The van der Waals surface area contributed by atoms with Crippen LogP contribution in [0, 0.1) is 13.8 Å². The largest absolute Gasteiger partial charge is 0.302 e. The fourth-order valence-corrected chi connectivity index (χ4v) is 3.94. The van der Waals surface area contributed by atoms with E-state index in [1.807, 2.05) is 13.8 Å². The van der Waals surface area contributed by atoms with E-state index in [1.165, 1.54) is 0 Å². The second kappa shape index (κ2) is 9.15. The van der Waals surface area contributed by atoms with Gasteiger partial charge in [0, 0.05) is 28.0 Å². The number of anilines is 1. The minimum Gasteiger partial charge on any atom is -0.302 e. The zero-order chi connectivity index (χ0) is 23.0. The lowest BCUT2D eigenvalue weighted by atomic mass is 10.2. The van der Waals surface area contributed by atoms with Crippen molar-refractivity contribution < 1.29 is 4.79 Å². The minimum atomic E-state index is -0.446. The molecule has 0 atom stereocenters. The molecule has 3 heterocycles. The summed E-state index contributed by atoms with van der Waals surface area (Å²) in [5.74, 6) is -0.238. The van der Waals surface area contributed by atoms with Crippen LogP contribution in [-0.2, 0) is 13.2 Å².